The summed E-state index contributed by atoms with van der Waals surface area (Å²) in [7, 11) is 1.23. The number of nitrogens with one attached hydrogen (secondary N) is 2. The van der Waals surface area contributed by atoms with E-state index in [0.717, 1.165) is 0 Å². The summed E-state index contributed by atoms with van der Waals surface area (Å²) in [4.78, 5) is 25.2. The molecule has 1 heterocycles. The molecule has 0 saturated carbocycles. The van der Waals surface area contributed by atoms with E-state index in [1.807, 2.05) is 10.2 Å². The van der Waals surface area contributed by atoms with Crippen LogP contribution in [0.25, 0.3) is 0 Å². The number of rotatable bonds is 1. The van der Waals surface area contributed by atoms with Crippen molar-refractivity contribution < 1.29 is 4.84 Å². The molecule has 0 aromatic carbocycles. The largest absolute Gasteiger partial charge is 0.408 e. The van der Waals surface area contributed by atoms with Crippen LogP contribution in [0.5, 0.6) is 0 Å². The van der Waals surface area contributed by atoms with Gasteiger partial charge in [-0.1, -0.05) is 4.73 Å². The standard InChI is InChI=1S/C3H5N3O3/c1-9-6-2(7)4-5-3(6)8/h1H3,(H,4,7)(H,5,8). The Morgan fingerprint density at radius 3 is 2.00 bits per heavy atom. The normalized spacial score (nSPS) is 9.44. The highest BCUT2D eigenvalue weighted by Crippen LogP contribution is 1.50. The fourth-order valence-electron chi connectivity index (χ4n) is 0.467. The van der Waals surface area contributed by atoms with Crippen LogP contribution in [0.4, 0.5) is 0 Å². The third-order valence-electron chi connectivity index (χ3n) is 0.828. The van der Waals surface area contributed by atoms with Gasteiger partial charge >= 0.3 is 11.4 Å². The number of nitrogens with zero attached hydrogens (tertiary/aromatic N) is 1. The van der Waals surface area contributed by atoms with E-state index < -0.39 is 11.4 Å². The minimum atomic E-state index is -0.609. The number of H-pyrrole nitrogens is 2. The molecule has 0 radical (unpaired) electrons. The molecule has 2 N–H and O–H groups in total. The van der Waals surface area contributed by atoms with Gasteiger partial charge in [0.2, 0.25) is 0 Å². The Morgan fingerprint density at radius 1 is 1.33 bits per heavy atom. The van der Waals surface area contributed by atoms with E-state index in [9.17, 15) is 9.59 Å². The first kappa shape index (κ1) is 5.67. The minimum absolute atomic E-state index is 0.569. The predicted octanol–water partition coefficient (Wildman–Crippen LogP) is -2.08. The summed E-state index contributed by atoms with van der Waals surface area (Å²) in [5, 5.41) is 4.07. The van der Waals surface area contributed by atoms with Crippen LogP contribution in [0.1, 0.15) is 0 Å². The Labute approximate surface area is 49.0 Å². The maximum absolute atomic E-state index is 10.4. The fraction of sp³-hybridized carbons (Fsp3) is 0.333. The van der Waals surface area contributed by atoms with Crippen LogP contribution in [0.2, 0.25) is 0 Å². The summed E-state index contributed by atoms with van der Waals surface area (Å²) in [6, 6.07) is 0. The SMILES string of the molecule is COn1c(=O)[nH][nH]c1=O. The van der Waals surface area contributed by atoms with Crippen LogP contribution in [0.3, 0.4) is 0 Å². The highest BCUT2D eigenvalue weighted by atomic mass is 16.7. The van der Waals surface area contributed by atoms with Gasteiger partial charge in [-0.25, -0.2) is 19.8 Å². The summed E-state index contributed by atoms with van der Waals surface area (Å²) < 4.78 is 0.569. The van der Waals surface area contributed by atoms with Crippen LogP contribution in [-0.2, 0) is 0 Å². The summed E-state index contributed by atoms with van der Waals surface area (Å²) in [5.41, 5.74) is -1.22. The van der Waals surface area contributed by atoms with Crippen molar-refractivity contribution in [3.63, 3.8) is 0 Å². The Morgan fingerprint density at radius 2 is 1.78 bits per heavy atom. The Hall–Kier alpha value is -1.46. The van der Waals surface area contributed by atoms with Gasteiger partial charge in [0.15, 0.2) is 0 Å². The van der Waals surface area contributed by atoms with E-state index in [1.54, 1.807) is 0 Å². The lowest BCUT2D eigenvalue weighted by molar-refractivity contribution is 0.149. The average Bonchev–Trinajstić information content (AvgIpc) is 2.12. The molecule has 0 atom stereocenters. The summed E-state index contributed by atoms with van der Waals surface area (Å²) in [6.07, 6.45) is 0. The van der Waals surface area contributed by atoms with Gasteiger partial charge in [-0.2, -0.15) is 0 Å². The second kappa shape index (κ2) is 1.81. The maximum atomic E-state index is 10.4. The van der Waals surface area contributed by atoms with Crippen molar-refractivity contribution in [1.29, 1.82) is 0 Å². The van der Waals surface area contributed by atoms with Crippen LogP contribution < -0.4 is 16.2 Å². The maximum Gasteiger partial charge on any atom is 0.377 e. The molecular weight excluding hydrogens is 126 g/mol. The first-order chi connectivity index (χ1) is 4.25. The molecule has 0 bridgehead atoms. The van der Waals surface area contributed by atoms with Gasteiger partial charge in [0, 0.05) is 0 Å². The second-order valence-electron chi connectivity index (χ2n) is 1.34. The van der Waals surface area contributed by atoms with Gasteiger partial charge < -0.3 is 4.84 Å². The monoisotopic (exact) mass is 131 g/mol. The minimum Gasteiger partial charge on any atom is -0.408 e. The van der Waals surface area contributed by atoms with Gasteiger partial charge in [0.05, 0.1) is 0 Å². The lowest BCUT2D eigenvalue weighted by Crippen LogP contribution is -2.30. The lowest BCUT2D eigenvalue weighted by Gasteiger charge is -1.89. The molecule has 1 rings (SSSR count). The van der Waals surface area contributed by atoms with E-state index in [4.69, 9.17) is 0 Å². The van der Waals surface area contributed by atoms with Gasteiger partial charge in [-0.15, -0.1) is 0 Å². The van der Waals surface area contributed by atoms with E-state index in [1.165, 1.54) is 7.11 Å². The second-order valence-corrected chi connectivity index (χ2v) is 1.34. The number of hydrogen-bond donors (Lipinski definition) is 2. The highest BCUT2D eigenvalue weighted by Gasteiger charge is 1.97. The molecule has 0 spiro atoms. The number of aromatic nitrogens is 3. The molecule has 1 aromatic heterocycles. The van der Waals surface area contributed by atoms with Crippen molar-refractivity contribution in [3.05, 3.63) is 21.0 Å². The lowest BCUT2D eigenvalue weighted by atomic mass is 11.2. The summed E-state index contributed by atoms with van der Waals surface area (Å²) in [5.74, 6) is 0. The van der Waals surface area contributed by atoms with Crippen LogP contribution in [-0.4, -0.2) is 22.0 Å². The van der Waals surface area contributed by atoms with Crippen LogP contribution in [0, 0.1) is 0 Å². The van der Waals surface area contributed by atoms with Crippen molar-refractivity contribution in [2.24, 2.45) is 0 Å². The average molecular weight is 131 g/mol. The molecule has 0 saturated heterocycles. The molecule has 0 aliphatic carbocycles. The summed E-state index contributed by atoms with van der Waals surface area (Å²) in [6.45, 7) is 0. The fourth-order valence-corrected chi connectivity index (χ4v) is 0.467. The van der Waals surface area contributed by atoms with E-state index >= 15 is 0 Å². The molecule has 6 heteroatoms. The summed E-state index contributed by atoms with van der Waals surface area (Å²) >= 11 is 0. The zero-order valence-electron chi connectivity index (χ0n) is 4.67. The molecule has 6 nitrogen and oxygen atoms in total. The topological polar surface area (TPSA) is 79.9 Å². The number of hydrogen-bond acceptors (Lipinski definition) is 3. The highest BCUT2D eigenvalue weighted by molar-refractivity contribution is 4.58. The molecule has 50 valence electrons. The van der Waals surface area contributed by atoms with Crippen molar-refractivity contribution in [2.45, 2.75) is 0 Å². The Kier molecular flexibility index (Phi) is 1.14. The smallest absolute Gasteiger partial charge is 0.377 e. The van der Waals surface area contributed by atoms with E-state index in [2.05, 4.69) is 4.84 Å². The molecular formula is C3H5N3O3. The Bertz CT molecular complexity index is 264. The van der Waals surface area contributed by atoms with E-state index in [-0.39, 0.29) is 0 Å². The van der Waals surface area contributed by atoms with Crippen LogP contribution in [0.15, 0.2) is 9.59 Å². The van der Waals surface area contributed by atoms with Crippen molar-refractivity contribution >= 4 is 0 Å². The molecule has 0 aliphatic heterocycles. The van der Waals surface area contributed by atoms with Gasteiger partial charge in [-0.05, 0) is 0 Å². The molecule has 9 heavy (non-hydrogen) atoms. The first-order valence-corrected chi connectivity index (χ1v) is 2.20. The third kappa shape index (κ3) is 0.735. The third-order valence-corrected chi connectivity index (χ3v) is 0.828. The zero-order valence-corrected chi connectivity index (χ0v) is 4.67. The van der Waals surface area contributed by atoms with Gasteiger partial charge in [0.1, 0.15) is 7.11 Å². The van der Waals surface area contributed by atoms with Gasteiger partial charge in [-0.3, -0.25) is 0 Å². The van der Waals surface area contributed by atoms with Crippen LogP contribution >= 0.6 is 0 Å². The van der Waals surface area contributed by atoms with Crippen molar-refractivity contribution in [3.8, 4) is 0 Å². The molecule has 0 aliphatic rings. The number of aromatic amines is 2. The molecule has 0 fully saturated rings. The molecule has 0 unspecified atom stereocenters. The predicted molar refractivity (Wildman–Crippen MR) is 28.2 cm³/mol. The zero-order chi connectivity index (χ0) is 6.85. The van der Waals surface area contributed by atoms with Gasteiger partial charge in [0.25, 0.3) is 0 Å². The molecule has 1 aromatic rings. The van der Waals surface area contributed by atoms with Crippen molar-refractivity contribution in [2.75, 3.05) is 7.11 Å². The quantitative estimate of drug-likeness (QED) is 0.459. The Balaban J connectivity index is 3.41. The first-order valence-electron chi connectivity index (χ1n) is 2.20. The molecule has 0 amide bonds. The van der Waals surface area contributed by atoms with Crippen molar-refractivity contribution in [1.82, 2.24) is 14.9 Å². The van der Waals surface area contributed by atoms with E-state index in [0.29, 0.717) is 4.73 Å².